The predicted molar refractivity (Wildman–Crippen MR) is 139 cm³/mol. The van der Waals surface area contributed by atoms with Crippen molar-refractivity contribution < 1.29 is 23.1 Å². The first-order valence-corrected chi connectivity index (χ1v) is 11.5. The second-order valence-corrected chi connectivity index (χ2v) is 8.31. The number of nitrogens with zero attached hydrogens (tertiary/aromatic N) is 1. The summed E-state index contributed by atoms with van der Waals surface area (Å²) in [5.41, 5.74) is 2.56. The number of fused-ring (bicyclic) bond motifs is 2. The van der Waals surface area contributed by atoms with Crippen LogP contribution in [0.3, 0.4) is 0 Å². The minimum absolute atomic E-state index is 0.302. The summed E-state index contributed by atoms with van der Waals surface area (Å²) in [6.07, 6.45) is 3.02. The zero-order valence-corrected chi connectivity index (χ0v) is 19.6. The summed E-state index contributed by atoms with van der Waals surface area (Å²) < 4.78 is 23.0. The van der Waals surface area contributed by atoms with E-state index in [0.717, 1.165) is 10.9 Å². The van der Waals surface area contributed by atoms with Gasteiger partial charge in [-0.15, -0.1) is 0 Å². The van der Waals surface area contributed by atoms with Gasteiger partial charge in [-0.1, -0.05) is 42.5 Å². The van der Waals surface area contributed by atoms with Gasteiger partial charge < -0.3 is 18.3 Å². The molecule has 37 heavy (non-hydrogen) atoms. The number of hydrogen-bond acceptors (Lipinski definition) is 7. The van der Waals surface area contributed by atoms with Gasteiger partial charge in [-0.2, -0.15) is 0 Å². The number of carbonyl (C=O) groups is 1. The van der Waals surface area contributed by atoms with E-state index in [1.807, 2.05) is 48.5 Å². The van der Waals surface area contributed by atoms with Gasteiger partial charge in [0.05, 0.1) is 12.7 Å². The molecular weight excluding hydrogens is 470 g/mol. The van der Waals surface area contributed by atoms with E-state index in [1.54, 1.807) is 43.6 Å². The summed E-state index contributed by atoms with van der Waals surface area (Å²) in [4.78, 5) is 29.6. The maximum absolute atomic E-state index is 13.0. The fourth-order valence-electron chi connectivity index (χ4n) is 4.29. The number of rotatable bonds is 5. The van der Waals surface area contributed by atoms with E-state index >= 15 is 0 Å². The van der Waals surface area contributed by atoms with Gasteiger partial charge in [-0.05, 0) is 42.0 Å². The van der Waals surface area contributed by atoms with Gasteiger partial charge in [0.25, 0.3) is 0 Å². The van der Waals surface area contributed by atoms with E-state index in [4.69, 9.17) is 18.3 Å². The summed E-state index contributed by atoms with van der Waals surface area (Å²) >= 11 is 0. The van der Waals surface area contributed by atoms with Crippen LogP contribution in [0.25, 0.3) is 44.4 Å². The van der Waals surface area contributed by atoms with Crippen LogP contribution in [-0.4, -0.2) is 18.1 Å². The Kier molecular flexibility index (Phi) is 5.50. The smallest absolute Gasteiger partial charge is 0.345 e. The number of pyridine rings is 1. The Labute approximate surface area is 210 Å². The lowest BCUT2D eigenvalue weighted by molar-refractivity contribution is 0.0735. The van der Waals surface area contributed by atoms with Crippen molar-refractivity contribution in [2.24, 2.45) is 0 Å². The molecular formula is C30H19NO6. The van der Waals surface area contributed by atoms with Crippen LogP contribution in [0.1, 0.15) is 10.4 Å². The lowest BCUT2D eigenvalue weighted by Gasteiger charge is -2.13. The molecule has 0 saturated carbocycles. The number of carbonyl (C=O) groups excluding carboxylic acids is 1. The van der Waals surface area contributed by atoms with Crippen LogP contribution in [-0.2, 0) is 0 Å². The molecule has 7 heteroatoms. The maximum atomic E-state index is 13.0. The molecule has 3 heterocycles. The molecule has 0 unspecified atom stereocenters. The number of esters is 1. The Hall–Kier alpha value is -5.17. The Morgan fingerprint density at radius 1 is 0.838 bits per heavy atom. The number of methoxy groups -OCH3 is 1. The van der Waals surface area contributed by atoms with Crippen LogP contribution in [0.15, 0.2) is 111 Å². The topological polar surface area (TPSA) is 91.8 Å². The standard InChI is InChI=1S/C30H19NO6/c1-34-24-11-5-9-19-13-25(36-29(19)24)23-16-28(32)35-27-14-21(18-7-3-2-4-8-18)26(15-22(23)27)37-30(33)20-10-6-12-31-17-20/h2-17H,1H3. The van der Waals surface area contributed by atoms with Crippen molar-refractivity contribution in [1.82, 2.24) is 4.98 Å². The summed E-state index contributed by atoms with van der Waals surface area (Å²) in [5.74, 6) is 0.774. The molecule has 0 atom stereocenters. The molecule has 0 bridgehead atoms. The monoisotopic (exact) mass is 489 g/mol. The van der Waals surface area contributed by atoms with E-state index in [2.05, 4.69) is 4.98 Å². The highest BCUT2D eigenvalue weighted by molar-refractivity contribution is 6.00. The van der Waals surface area contributed by atoms with Gasteiger partial charge in [0.15, 0.2) is 11.3 Å². The Bertz CT molecular complexity index is 1820. The average molecular weight is 489 g/mol. The Morgan fingerprint density at radius 3 is 2.49 bits per heavy atom. The van der Waals surface area contributed by atoms with Crippen LogP contribution in [0.4, 0.5) is 0 Å². The van der Waals surface area contributed by atoms with Gasteiger partial charge in [0.2, 0.25) is 0 Å². The number of benzene rings is 3. The minimum atomic E-state index is -0.558. The highest BCUT2D eigenvalue weighted by Crippen LogP contribution is 2.40. The van der Waals surface area contributed by atoms with Crippen molar-refractivity contribution in [2.45, 2.75) is 0 Å². The SMILES string of the molecule is COc1cccc2cc(-c3cc(=O)oc4cc(-c5ccccc5)c(OC(=O)c5cccnc5)cc34)oc12. The molecule has 3 aromatic heterocycles. The second-order valence-electron chi connectivity index (χ2n) is 8.31. The molecule has 3 aromatic carbocycles. The fraction of sp³-hybridized carbons (Fsp3) is 0.0333. The molecule has 7 nitrogen and oxygen atoms in total. The van der Waals surface area contributed by atoms with Crippen molar-refractivity contribution in [3.05, 3.63) is 113 Å². The number of furan rings is 1. The molecule has 0 radical (unpaired) electrons. The van der Waals surface area contributed by atoms with Gasteiger partial charge in [-0.25, -0.2) is 9.59 Å². The normalized spacial score (nSPS) is 11.1. The zero-order valence-electron chi connectivity index (χ0n) is 19.6. The van der Waals surface area contributed by atoms with E-state index in [0.29, 0.717) is 50.5 Å². The molecule has 180 valence electrons. The number of hydrogen-bond donors (Lipinski definition) is 0. The molecule has 0 amide bonds. The summed E-state index contributed by atoms with van der Waals surface area (Å²) in [7, 11) is 1.57. The molecule has 0 spiro atoms. The van der Waals surface area contributed by atoms with Crippen LogP contribution in [0.5, 0.6) is 11.5 Å². The number of ether oxygens (including phenoxy) is 2. The van der Waals surface area contributed by atoms with Crippen molar-refractivity contribution in [1.29, 1.82) is 0 Å². The van der Waals surface area contributed by atoms with E-state index < -0.39 is 11.6 Å². The first kappa shape index (κ1) is 22.3. The molecule has 0 fully saturated rings. The lowest BCUT2D eigenvalue weighted by atomic mass is 10.00. The zero-order chi connectivity index (χ0) is 25.4. The molecule has 0 N–H and O–H groups in total. The first-order chi connectivity index (χ1) is 18.1. The van der Waals surface area contributed by atoms with Crippen molar-refractivity contribution in [3.63, 3.8) is 0 Å². The van der Waals surface area contributed by atoms with Crippen LogP contribution < -0.4 is 15.1 Å². The van der Waals surface area contributed by atoms with Crippen LogP contribution >= 0.6 is 0 Å². The number of aromatic nitrogens is 1. The maximum Gasteiger partial charge on any atom is 0.345 e. The van der Waals surface area contributed by atoms with Crippen LogP contribution in [0.2, 0.25) is 0 Å². The number of para-hydroxylation sites is 1. The van der Waals surface area contributed by atoms with Gasteiger partial charge in [-0.3, -0.25) is 4.98 Å². The minimum Gasteiger partial charge on any atom is -0.493 e. The second kappa shape index (κ2) is 9.13. The molecule has 0 saturated heterocycles. The quantitative estimate of drug-likeness (QED) is 0.155. The average Bonchev–Trinajstić information content (AvgIpc) is 3.38. The van der Waals surface area contributed by atoms with Gasteiger partial charge in [0.1, 0.15) is 17.1 Å². The molecule has 0 aliphatic carbocycles. The largest absolute Gasteiger partial charge is 0.493 e. The molecule has 6 rings (SSSR count). The van der Waals surface area contributed by atoms with E-state index in [-0.39, 0.29) is 0 Å². The summed E-state index contributed by atoms with van der Waals surface area (Å²) in [5, 5.41) is 1.37. The van der Waals surface area contributed by atoms with Gasteiger partial charge >= 0.3 is 11.6 Å². The molecule has 6 aromatic rings. The van der Waals surface area contributed by atoms with E-state index in [1.165, 1.54) is 12.3 Å². The third-order valence-corrected chi connectivity index (χ3v) is 6.02. The Balaban J connectivity index is 1.57. The third-order valence-electron chi connectivity index (χ3n) is 6.02. The fourth-order valence-corrected chi connectivity index (χ4v) is 4.29. The summed E-state index contributed by atoms with van der Waals surface area (Å²) in [6.45, 7) is 0. The van der Waals surface area contributed by atoms with E-state index in [9.17, 15) is 9.59 Å². The predicted octanol–water partition coefficient (Wildman–Crippen LogP) is 6.50. The molecule has 0 aliphatic rings. The van der Waals surface area contributed by atoms with Crippen molar-refractivity contribution in [3.8, 4) is 33.9 Å². The molecule has 0 aliphatic heterocycles. The lowest BCUT2D eigenvalue weighted by Crippen LogP contribution is -2.09. The highest BCUT2D eigenvalue weighted by atomic mass is 16.5. The van der Waals surface area contributed by atoms with Crippen LogP contribution in [0, 0.1) is 0 Å². The third kappa shape index (κ3) is 4.12. The Morgan fingerprint density at radius 2 is 1.70 bits per heavy atom. The van der Waals surface area contributed by atoms with Gasteiger partial charge in [0, 0.05) is 40.4 Å². The highest BCUT2D eigenvalue weighted by Gasteiger charge is 2.20. The first-order valence-electron chi connectivity index (χ1n) is 11.5. The van der Waals surface area contributed by atoms with Crippen molar-refractivity contribution >= 4 is 27.9 Å². The van der Waals surface area contributed by atoms with Crippen molar-refractivity contribution in [2.75, 3.05) is 7.11 Å². The summed E-state index contributed by atoms with van der Waals surface area (Å²) in [6, 6.07) is 24.8.